The molecule has 0 aliphatic carbocycles. The molecule has 0 radical (unpaired) electrons. The van der Waals surface area contributed by atoms with Crippen molar-refractivity contribution in [1.29, 1.82) is 0 Å². The molecule has 0 unspecified atom stereocenters. The van der Waals surface area contributed by atoms with Crippen LogP contribution in [0.3, 0.4) is 0 Å². The summed E-state index contributed by atoms with van der Waals surface area (Å²) in [4.78, 5) is 17.2. The number of hydrogen-bond donors (Lipinski definition) is 0. The van der Waals surface area contributed by atoms with Gasteiger partial charge in [0.1, 0.15) is 13.2 Å². The van der Waals surface area contributed by atoms with Gasteiger partial charge in [0, 0.05) is 10.8 Å². The average molecular weight is 371 g/mol. The van der Waals surface area contributed by atoms with Crippen LogP contribution in [-0.4, -0.2) is 23.7 Å². The van der Waals surface area contributed by atoms with Gasteiger partial charge >= 0.3 is 5.97 Å². The molecule has 3 aromatic carbocycles. The third-order valence-electron chi connectivity index (χ3n) is 4.81. The fourth-order valence-corrected chi connectivity index (χ4v) is 3.45. The summed E-state index contributed by atoms with van der Waals surface area (Å²) < 4.78 is 16.8. The second-order valence-corrected chi connectivity index (χ2v) is 6.59. The van der Waals surface area contributed by atoms with Crippen LogP contribution in [0.25, 0.3) is 21.7 Å². The van der Waals surface area contributed by atoms with Crippen molar-refractivity contribution >= 4 is 27.6 Å². The zero-order valence-corrected chi connectivity index (χ0v) is 15.0. The maximum Gasteiger partial charge on any atom is 0.351 e. The molecule has 0 N–H and O–H groups in total. The minimum atomic E-state index is -0.790. The van der Waals surface area contributed by atoms with Gasteiger partial charge in [-0.3, -0.25) is 0 Å². The van der Waals surface area contributed by atoms with Crippen LogP contribution in [0.1, 0.15) is 5.69 Å². The van der Waals surface area contributed by atoms with Gasteiger partial charge in [-0.2, -0.15) is 0 Å². The summed E-state index contributed by atoms with van der Waals surface area (Å²) in [5, 5.41) is 3.14. The SMILES string of the molecule is O=C(OCc1nc2ccccc2c2ccccc12)[C@@H]1COc2ccccc2O1. The Balaban J connectivity index is 1.39. The van der Waals surface area contributed by atoms with Gasteiger partial charge < -0.3 is 14.2 Å². The van der Waals surface area contributed by atoms with Crippen molar-refractivity contribution in [3.63, 3.8) is 0 Å². The van der Waals surface area contributed by atoms with Crippen molar-refractivity contribution in [2.45, 2.75) is 12.7 Å². The highest BCUT2D eigenvalue weighted by Gasteiger charge is 2.28. The molecule has 4 aromatic rings. The predicted molar refractivity (Wildman–Crippen MR) is 105 cm³/mol. The summed E-state index contributed by atoms with van der Waals surface area (Å²) >= 11 is 0. The maximum absolute atomic E-state index is 12.5. The van der Waals surface area contributed by atoms with Crippen LogP contribution in [0.15, 0.2) is 72.8 Å². The Morgan fingerprint density at radius 2 is 1.57 bits per heavy atom. The Labute approximate surface area is 161 Å². The quantitative estimate of drug-likeness (QED) is 0.398. The van der Waals surface area contributed by atoms with Crippen molar-refractivity contribution < 1.29 is 19.0 Å². The van der Waals surface area contributed by atoms with Crippen molar-refractivity contribution in [2.24, 2.45) is 0 Å². The molecule has 0 fully saturated rings. The number of nitrogens with zero attached hydrogens (tertiary/aromatic N) is 1. The number of carbonyl (C=O) groups excluding carboxylic acids is 1. The lowest BCUT2D eigenvalue weighted by Crippen LogP contribution is -2.37. The first-order valence-corrected chi connectivity index (χ1v) is 9.11. The highest BCUT2D eigenvalue weighted by molar-refractivity contribution is 6.06. The van der Waals surface area contributed by atoms with Crippen LogP contribution in [-0.2, 0) is 16.1 Å². The molecule has 0 bridgehead atoms. The fourth-order valence-electron chi connectivity index (χ4n) is 3.45. The largest absolute Gasteiger partial charge is 0.485 e. The number of ether oxygens (including phenoxy) is 3. The minimum Gasteiger partial charge on any atom is -0.485 e. The van der Waals surface area contributed by atoms with E-state index < -0.39 is 12.1 Å². The molecule has 5 heteroatoms. The normalized spacial score (nSPS) is 15.5. The zero-order chi connectivity index (χ0) is 18.9. The summed E-state index contributed by atoms with van der Waals surface area (Å²) in [6.45, 7) is 0.202. The second-order valence-electron chi connectivity index (χ2n) is 6.59. The fraction of sp³-hybridized carbons (Fsp3) is 0.130. The minimum absolute atomic E-state index is 0.0751. The van der Waals surface area contributed by atoms with Crippen LogP contribution in [0.2, 0.25) is 0 Å². The van der Waals surface area contributed by atoms with Gasteiger partial charge in [0.25, 0.3) is 0 Å². The third kappa shape index (κ3) is 2.91. The number of hydrogen-bond acceptors (Lipinski definition) is 5. The number of aromatic nitrogens is 1. The van der Waals surface area contributed by atoms with Gasteiger partial charge in [-0.15, -0.1) is 0 Å². The van der Waals surface area contributed by atoms with Crippen LogP contribution in [0.5, 0.6) is 11.5 Å². The first kappa shape index (κ1) is 16.6. The van der Waals surface area contributed by atoms with Gasteiger partial charge in [-0.25, -0.2) is 9.78 Å². The number of para-hydroxylation sites is 3. The first-order valence-electron chi connectivity index (χ1n) is 9.11. The predicted octanol–water partition coefficient (Wildman–Crippen LogP) is 4.27. The highest BCUT2D eigenvalue weighted by atomic mass is 16.6. The molecule has 0 spiro atoms. The molecule has 1 aliphatic rings. The lowest BCUT2D eigenvalue weighted by molar-refractivity contribution is -0.155. The summed E-state index contributed by atoms with van der Waals surface area (Å²) in [5.41, 5.74) is 1.60. The Bertz CT molecular complexity index is 1190. The molecule has 1 aliphatic heterocycles. The van der Waals surface area contributed by atoms with Gasteiger partial charge in [0.05, 0.1) is 11.2 Å². The molecular weight excluding hydrogens is 354 g/mol. The standard InChI is InChI=1S/C23H17NO4/c25-23(22-14-26-20-11-5-6-12-21(20)28-22)27-13-19-17-9-2-1-7-15(17)16-8-3-4-10-18(16)24-19/h1-12,22H,13-14H2/t22-/m0/s1. The smallest absolute Gasteiger partial charge is 0.351 e. The van der Waals surface area contributed by atoms with E-state index in [1.54, 1.807) is 6.07 Å². The second kappa shape index (κ2) is 6.85. The van der Waals surface area contributed by atoms with Crippen LogP contribution >= 0.6 is 0 Å². The molecule has 1 aromatic heterocycles. The summed E-state index contributed by atoms with van der Waals surface area (Å²) in [7, 11) is 0. The molecule has 138 valence electrons. The molecule has 1 atom stereocenters. The van der Waals surface area contributed by atoms with Crippen LogP contribution < -0.4 is 9.47 Å². The Morgan fingerprint density at radius 1 is 0.893 bits per heavy atom. The molecule has 5 rings (SSSR count). The molecule has 0 saturated heterocycles. The van der Waals surface area contributed by atoms with E-state index in [4.69, 9.17) is 19.2 Å². The number of fused-ring (bicyclic) bond motifs is 4. The van der Waals surface area contributed by atoms with E-state index in [1.165, 1.54) is 0 Å². The van der Waals surface area contributed by atoms with Crippen molar-refractivity contribution in [1.82, 2.24) is 4.98 Å². The van der Waals surface area contributed by atoms with E-state index in [2.05, 4.69) is 6.07 Å². The first-order chi connectivity index (χ1) is 13.8. The van der Waals surface area contributed by atoms with E-state index in [9.17, 15) is 4.79 Å². The lowest BCUT2D eigenvalue weighted by Gasteiger charge is -2.25. The van der Waals surface area contributed by atoms with Gasteiger partial charge in [0.15, 0.2) is 11.5 Å². The van der Waals surface area contributed by atoms with Gasteiger partial charge in [0.2, 0.25) is 6.10 Å². The van der Waals surface area contributed by atoms with E-state index >= 15 is 0 Å². The number of carbonyl (C=O) groups is 1. The van der Waals surface area contributed by atoms with E-state index in [0.29, 0.717) is 11.5 Å². The number of benzene rings is 3. The topological polar surface area (TPSA) is 57.7 Å². The van der Waals surface area contributed by atoms with Gasteiger partial charge in [-0.1, -0.05) is 54.6 Å². The van der Waals surface area contributed by atoms with Crippen molar-refractivity contribution in [3.05, 3.63) is 78.5 Å². The Morgan fingerprint density at radius 3 is 2.43 bits per heavy atom. The molecular formula is C23H17NO4. The molecule has 28 heavy (non-hydrogen) atoms. The van der Waals surface area contributed by atoms with Gasteiger partial charge in [-0.05, 0) is 23.6 Å². The van der Waals surface area contributed by atoms with E-state index in [-0.39, 0.29) is 13.2 Å². The molecule has 0 saturated carbocycles. The number of rotatable bonds is 3. The van der Waals surface area contributed by atoms with E-state index in [0.717, 1.165) is 27.4 Å². The average Bonchev–Trinajstić information content (AvgIpc) is 2.77. The van der Waals surface area contributed by atoms with Crippen molar-refractivity contribution in [2.75, 3.05) is 6.61 Å². The summed E-state index contributed by atoms with van der Waals surface area (Å²) in [5.74, 6) is 0.715. The monoisotopic (exact) mass is 371 g/mol. The summed E-state index contributed by atoms with van der Waals surface area (Å²) in [6, 6.07) is 23.2. The van der Waals surface area contributed by atoms with Crippen LogP contribution in [0, 0.1) is 0 Å². The molecule has 2 heterocycles. The number of esters is 1. The number of pyridine rings is 1. The Kier molecular flexibility index (Phi) is 4.05. The Hall–Kier alpha value is -3.60. The highest BCUT2D eigenvalue weighted by Crippen LogP contribution is 2.31. The molecule has 5 nitrogen and oxygen atoms in total. The lowest BCUT2D eigenvalue weighted by atomic mass is 10.0. The van der Waals surface area contributed by atoms with Crippen molar-refractivity contribution in [3.8, 4) is 11.5 Å². The molecule has 0 amide bonds. The zero-order valence-electron chi connectivity index (χ0n) is 15.0. The van der Waals surface area contributed by atoms with E-state index in [1.807, 2.05) is 60.7 Å². The summed E-state index contributed by atoms with van der Waals surface area (Å²) in [6.07, 6.45) is -0.790. The maximum atomic E-state index is 12.5. The van der Waals surface area contributed by atoms with Crippen LogP contribution in [0.4, 0.5) is 0 Å². The third-order valence-corrected chi connectivity index (χ3v) is 4.81.